The summed E-state index contributed by atoms with van der Waals surface area (Å²) in [6.45, 7) is 0. The fourth-order valence-electron chi connectivity index (χ4n) is 0.734. The van der Waals surface area contributed by atoms with Crippen LogP contribution in [0.15, 0.2) is 35.2 Å². The zero-order valence-electron chi connectivity index (χ0n) is 6.47. The van der Waals surface area contributed by atoms with E-state index in [0.717, 1.165) is 0 Å². The van der Waals surface area contributed by atoms with E-state index in [0.29, 0.717) is 0 Å². The molecule has 1 radical (unpaired) electrons. The number of benzene rings is 1. The van der Waals surface area contributed by atoms with Gasteiger partial charge in [0, 0.05) is 4.89 Å². The summed E-state index contributed by atoms with van der Waals surface area (Å²) >= 11 is 0. The summed E-state index contributed by atoms with van der Waals surface area (Å²) in [5.74, 6) is 0. The Labute approximate surface area is 71.2 Å². The SMILES string of the molecule is CO[N]S(=O)(=O)c1ccccc1. The Bertz CT molecular complexity index is 333. The van der Waals surface area contributed by atoms with Crippen LogP contribution in [0.2, 0.25) is 0 Å². The molecule has 0 aliphatic heterocycles. The van der Waals surface area contributed by atoms with Crippen LogP contribution in [0.25, 0.3) is 0 Å². The summed E-state index contributed by atoms with van der Waals surface area (Å²) in [5, 5.41) is 0. The maximum Gasteiger partial charge on any atom is 0.281 e. The van der Waals surface area contributed by atoms with Gasteiger partial charge in [0.15, 0.2) is 0 Å². The predicted octanol–water partition coefficient (Wildman–Crippen LogP) is 0.541. The van der Waals surface area contributed by atoms with E-state index >= 15 is 0 Å². The first-order chi connectivity index (χ1) is 5.67. The summed E-state index contributed by atoms with van der Waals surface area (Å²) in [5.41, 5.74) is 0. The molecule has 0 aliphatic rings. The van der Waals surface area contributed by atoms with E-state index in [4.69, 9.17) is 0 Å². The molecule has 0 amide bonds. The van der Waals surface area contributed by atoms with Gasteiger partial charge in [-0.15, -0.1) is 0 Å². The Morgan fingerprint density at radius 3 is 2.33 bits per heavy atom. The van der Waals surface area contributed by atoms with E-state index in [9.17, 15) is 8.42 Å². The lowest BCUT2D eigenvalue weighted by Crippen LogP contribution is -2.14. The summed E-state index contributed by atoms with van der Waals surface area (Å²) < 4.78 is 22.3. The lowest BCUT2D eigenvalue weighted by Gasteiger charge is -1.99. The molecule has 1 aromatic carbocycles. The third-order valence-corrected chi connectivity index (χ3v) is 2.43. The minimum absolute atomic E-state index is 0.131. The van der Waals surface area contributed by atoms with E-state index in [1.165, 1.54) is 19.2 Å². The molecular weight excluding hydrogens is 178 g/mol. The Balaban J connectivity index is 2.99. The zero-order chi connectivity index (χ0) is 9.03. The standard InChI is InChI=1S/C7H8NO3S/c1-11-8-12(9,10)7-5-3-2-4-6-7/h2-6H,1H3. The number of hydrogen-bond acceptors (Lipinski definition) is 3. The van der Waals surface area contributed by atoms with Crippen LogP contribution in [0.4, 0.5) is 0 Å². The molecule has 0 N–H and O–H groups in total. The average Bonchev–Trinajstić information content (AvgIpc) is 2.06. The van der Waals surface area contributed by atoms with Crippen LogP contribution in [-0.2, 0) is 14.9 Å². The van der Waals surface area contributed by atoms with Gasteiger partial charge in [0.1, 0.15) is 0 Å². The van der Waals surface area contributed by atoms with Crippen LogP contribution in [0.3, 0.4) is 0 Å². The van der Waals surface area contributed by atoms with Gasteiger partial charge in [0.2, 0.25) is 0 Å². The van der Waals surface area contributed by atoms with Crippen LogP contribution < -0.4 is 4.89 Å². The van der Waals surface area contributed by atoms with Crippen molar-refractivity contribution < 1.29 is 13.3 Å². The second-order valence-electron chi connectivity index (χ2n) is 2.05. The molecule has 0 bridgehead atoms. The van der Waals surface area contributed by atoms with Gasteiger partial charge in [0.25, 0.3) is 10.0 Å². The van der Waals surface area contributed by atoms with Crippen molar-refractivity contribution in [1.29, 1.82) is 0 Å². The molecule has 0 atom stereocenters. The molecule has 0 fully saturated rings. The molecule has 0 spiro atoms. The van der Waals surface area contributed by atoms with Gasteiger partial charge in [0.05, 0.1) is 12.0 Å². The van der Waals surface area contributed by atoms with Gasteiger partial charge in [-0.2, -0.15) is 0 Å². The minimum atomic E-state index is -3.61. The second kappa shape index (κ2) is 3.66. The molecule has 0 heterocycles. The normalized spacial score (nSPS) is 11.4. The topological polar surface area (TPSA) is 57.5 Å². The predicted molar refractivity (Wildman–Crippen MR) is 42.8 cm³/mol. The maximum absolute atomic E-state index is 11.1. The van der Waals surface area contributed by atoms with Crippen molar-refractivity contribution in [3.05, 3.63) is 30.3 Å². The summed E-state index contributed by atoms with van der Waals surface area (Å²) in [4.78, 5) is 7.33. The number of nitrogens with zero attached hydrogens (tertiary/aromatic N) is 1. The molecule has 0 unspecified atom stereocenters. The molecule has 0 aliphatic carbocycles. The highest BCUT2D eigenvalue weighted by molar-refractivity contribution is 7.89. The van der Waals surface area contributed by atoms with Crippen molar-refractivity contribution in [2.24, 2.45) is 0 Å². The molecule has 0 aromatic heterocycles. The van der Waals surface area contributed by atoms with E-state index in [2.05, 4.69) is 9.72 Å². The molecule has 65 valence electrons. The van der Waals surface area contributed by atoms with Gasteiger partial charge >= 0.3 is 0 Å². The van der Waals surface area contributed by atoms with Gasteiger partial charge in [-0.3, -0.25) is 4.84 Å². The summed E-state index contributed by atoms with van der Waals surface area (Å²) in [6.07, 6.45) is 0. The fourth-order valence-corrected chi connectivity index (χ4v) is 1.52. The molecule has 4 nitrogen and oxygen atoms in total. The van der Waals surface area contributed by atoms with E-state index in [-0.39, 0.29) is 4.90 Å². The Hall–Kier alpha value is -0.910. The van der Waals surface area contributed by atoms with Crippen LogP contribution in [0.1, 0.15) is 0 Å². The number of sulfonamides is 1. The smallest absolute Gasteiger partial charge is 0.270 e. The average molecular weight is 186 g/mol. The molecule has 1 aromatic rings. The molecular formula is C7H8NO3S. The second-order valence-corrected chi connectivity index (χ2v) is 3.62. The lowest BCUT2D eigenvalue weighted by molar-refractivity contribution is 0.145. The van der Waals surface area contributed by atoms with E-state index in [1.807, 2.05) is 0 Å². The first-order valence-corrected chi connectivity index (χ1v) is 4.66. The van der Waals surface area contributed by atoms with E-state index < -0.39 is 10.0 Å². The van der Waals surface area contributed by atoms with E-state index in [1.54, 1.807) is 18.2 Å². The number of hydrogen-bond donors (Lipinski definition) is 0. The van der Waals surface area contributed by atoms with Crippen LogP contribution >= 0.6 is 0 Å². The fraction of sp³-hybridized carbons (Fsp3) is 0.143. The highest BCUT2D eigenvalue weighted by Gasteiger charge is 2.13. The van der Waals surface area contributed by atoms with Crippen LogP contribution in [0.5, 0.6) is 0 Å². The highest BCUT2D eigenvalue weighted by atomic mass is 32.2. The lowest BCUT2D eigenvalue weighted by atomic mass is 10.4. The Morgan fingerprint density at radius 1 is 1.25 bits per heavy atom. The van der Waals surface area contributed by atoms with Crippen molar-refractivity contribution in [3.8, 4) is 0 Å². The molecule has 5 heteroatoms. The Morgan fingerprint density at radius 2 is 1.83 bits per heavy atom. The van der Waals surface area contributed by atoms with Gasteiger partial charge < -0.3 is 0 Å². The highest BCUT2D eigenvalue weighted by Crippen LogP contribution is 2.07. The molecule has 1 rings (SSSR count). The molecule has 0 saturated heterocycles. The Kier molecular flexibility index (Phi) is 2.80. The first-order valence-electron chi connectivity index (χ1n) is 3.22. The van der Waals surface area contributed by atoms with Crippen molar-refractivity contribution in [1.82, 2.24) is 4.89 Å². The van der Waals surface area contributed by atoms with Crippen molar-refractivity contribution in [3.63, 3.8) is 0 Å². The van der Waals surface area contributed by atoms with Gasteiger partial charge in [-0.05, 0) is 12.1 Å². The molecule has 12 heavy (non-hydrogen) atoms. The van der Waals surface area contributed by atoms with Crippen LogP contribution in [0, 0.1) is 0 Å². The maximum atomic E-state index is 11.1. The van der Waals surface area contributed by atoms with Crippen molar-refractivity contribution in [2.75, 3.05) is 7.11 Å². The number of rotatable bonds is 3. The minimum Gasteiger partial charge on any atom is -0.270 e. The monoisotopic (exact) mass is 186 g/mol. The third kappa shape index (κ3) is 2.04. The van der Waals surface area contributed by atoms with Gasteiger partial charge in [-0.25, -0.2) is 8.42 Å². The summed E-state index contributed by atoms with van der Waals surface area (Å²) in [7, 11) is -2.41. The quantitative estimate of drug-likeness (QED) is 0.647. The summed E-state index contributed by atoms with van der Waals surface area (Å²) in [6, 6.07) is 7.89. The van der Waals surface area contributed by atoms with Gasteiger partial charge in [-0.1, -0.05) is 18.2 Å². The largest absolute Gasteiger partial charge is 0.281 e. The molecule has 0 saturated carbocycles. The van der Waals surface area contributed by atoms with Crippen LogP contribution in [-0.4, -0.2) is 15.5 Å². The van der Waals surface area contributed by atoms with Crippen molar-refractivity contribution >= 4 is 10.0 Å². The third-order valence-electron chi connectivity index (χ3n) is 1.21. The zero-order valence-corrected chi connectivity index (χ0v) is 7.28. The van der Waals surface area contributed by atoms with Crippen molar-refractivity contribution in [2.45, 2.75) is 4.90 Å². The first kappa shape index (κ1) is 9.18.